The van der Waals surface area contributed by atoms with Crippen LogP contribution in [0.1, 0.15) is 115 Å². The molecule has 18 atom stereocenters. The monoisotopic (exact) mass is 1800 g/mol. The van der Waals surface area contributed by atoms with Crippen molar-refractivity contribution in [2.75, 3.05) is 25.5 Å². The van der Waals surface area contributed by atoms with Gasteiger partial charge in [0.25, 0.3) is 5.91 Å². The number of phenolic OH excluding ortho intramolecular Hbond substituents is 3. The number of nitrogens with one attached hydrogen (secondary N) is 9. The summed E-state index contributed by atoms with van der Waals surface area (Å²) in [5.74, 6) is -18.7. The first-order valence-corrected chi connectivity index (χ1v) is 39.6. The number of hydrogen-bond donors (Lipinski definition) is 20. The second-order valence-electron chi connectivity index (χ2n) is 30.8. The van der Waals surface area contributed by atoms with Crippen molar-refractivity contribution in [1.82, 2.24) is 52.1 Å². The summed E-state index contributed by atoms with van der Waals surface area (Å²) >= 11 is 14.3. The van der Waals surface area contributed by atoms with E-state index in [0.29, 0.717) is 0 Å². The van der Waals surface area contributed by atoms with Crippen LogP contribution in [0.2, 0.25) is 10.0 Å². The van der Waals surface area contributed by atoms with Crippen LogP contribution in [0.15, 0.2) is 120 Å². The number of aliphatic hydroxyl groups excluding tert-OH is 6. The highest BCUT2D eigenvalue weighted by atomic mass is 35.5. The molecule has 1 aromatic heterocycles. The molecule has 2 unspecified atom stereocenters. The number of hydrogen-bond acceptors (Lipinski definition) is 29. The average Bonchev–Trinajstić information content (AvgIpc) is 0.768. The SMILES string of the molecule is CN[C@@H](CC(C)C)C(=O)N[C@H]1C(=O)N[C@@H](CC(N)=O)C(=O)NC2C(=O)N[C@@H]3C(=O)N[C@@H](C(=O)N[C@@H](C(=O)O)c4cc(O)cc(O)c4-c4cc3ccc4O)[C@H](O)c3ccc(c(Cl)c3)Oc3cc2cc(c3OC2O[C@@H](CO)[C@@H](O)[C@@H](O)[C@H]2O[C@H]2C[C@@](C)(NCCn3ccc(NC(=O)c4ccc(OC(F)(F)C(F)F)cc4)nc3=O)[C@@H](O)[C@@H](C)O2)Oc2ccc(cc2Cl)[C@H]1O. The van der Waals surface area contributed by atoms with Gasteiger partial charge in [-0.25, -0.2) is 9.59 Å². The third kappa shape index (κ3) is 20.5. The van der Waals surface area contributed by atoms with Gasteiger partial charge in [-0.05, 0) is 140 Å². The molecule has 0 aliphatic carbocycles. The number of aromatic hydroxyl groups is 3. The Labute approximate surface area is 720 Å². The number of amides is 8. The zero-order chi connectivity index (χ0) is 91.6. The number of alkyl halides is 4. The molecule has 8 amide bonds. The third-order valence-electron chi connectivity index (χ3n) is 21.4. The summed E-state index contributed by atoms with van der Waals surface area (Å²) in [7, 11) is 1.45. The Morgan fingerprint density at radius 3 is 1.96 bits per heavy atom. The Kier molecular flexibility index (Phi) is 28.3. The van der Waals surface area contributed by atoms with Gasteiger partial charge in [0, 0.05) is 59.6 Å². The number of halogens is 6. The van der Waals surface area contributed by atoms with Crippen molar-refractivity contribution >= 4 is 82.2 Å². The number of benzene rings is 6. The second kappa shape index (κ2) is 38.4. The van der Waals surface area contributed by atoms with E-state index in [0.717, 1.165) is 102 Å². The summed E-state index contributed by atoms with van der Waals surface area (Å²) in [5.41, 5.74) is 0.0341. The number of carboxylic acid groups (broad SMARTS) is 1. The lowest BCUT2D eigenvalue weighted by Crippen LogP contribution is -2.65. The largest absolute Gasteiger partial charge is 0.508 e. The second-order valence-corrected chi connectivity index (χ2v) is 31.6. The smallest absolute Gasteiger partial charge is 0.461 e. The number of carboxylic acids is 1. The molecule has 11 bridgehead atoms. The van der Waals surface area contributed by atoms with Gasteiger partial charge in [0.15, 0.2) is 29.9 Å². The summed E-state index contributed by atoms with van der Waals surface area (Å²) in [5, 5.41) is 138. The maximum Gasteiger partial charge on any atom is 0.461 e. The van der Waals surface area contributed by atoms with Crippen molar-refractivity contribution in [3.8, 4) is 62.9 Å². The van der Waals surface area contributed by atoms with E-state index in [1.54, 1.807) is 13.8 Å². The molecular weight excluding hydrogens is 1720 g/mol. The number of aliphatic carboxylic acids is 1. The fraction of sp³-hybridized carbons (Fsp3) is 0.395. The molecule has 7 aromatic rings. The minimum atomic E-state index is -4.82. The van der Waals surface area contributed by atoms with Crippen LogP contribution in [-0.2, 0) is 59.1 Å². The molecule has 0 saturated carbocycles. The Morgan fingerprint density at radius 1 is 0.730 bits per heavy atom. The molecule has 7 aliphatic heterocycles. The van der Waals surface area contributed by atoms with Crippen LogP contribution in [0.5, 0.6) is 51.7 Å². The quantitative estimate of drug-likeness (QED) is 0.0433. The molecule has 7 aliphatic rings. The minimum Gasteiger partial charge on any atom is -0.508 e. The highest BCUT2D eigenvalue weighted by Crippen LogP contribution is 2.50. The average molecular weight is 1810 g/mol. The maximum absolute atomic E-state index is 16.2. The lowest BCUT2D eigenvalue weighted by atomic mass is 9.85. The van der Waals surface area contributed by atoms with E-state index in [-0.39, 0.29) is 54.4 Å². The molecule has 674 valence electrons. The molecule has 8 heterocycles. The van der Waals surface area contributed by atoms with Crippen LogP contribution in [0, 0.1) is 5.92 Å². The third-order valence-corrected chi connectivity index (χ3v) is 21.9. The Balaban J connectivity index is 0.971. The Hall–Kier alpha value is -12.1. The molecule has 0 spiro atoms. The van der Waals surface area contributed by atoms with E-state index in [9.17, 15) is 102 Å². The number of ether oxygens (including phenoxy) is 7. The van der Waals surface area contributed by atoms with Crippen LogP contribution in [0.25, 0.3) is 11.1 Å². The predicted octanol–water partition coefficient (Wildman–Crippen LogP) is 2.48. The zero-order valence-electron chi connectivity index (χ0n) is 66.8. The number of phenols is 3. The number of primary amides is 1. The van der Waals surface area contributed by atoms with Gasteiger partial charge in [0.2, 0.25) is 53.4 Å². The van der Waals surface area contributed by atoms with Crippen LogP contribution in [0.4, 0.5) is 23.4 Å². The van der Waals surface area contributed by atoms with E-state index < -0.39 is 283 Å². The first-order chi connectivity index (χ1) is 59.5. The number of carbonyl (C=O) groups excluding carboxylic acids is 8. The summed E-state index contributed by atoms with van der Waals surface area (Å²) in [6.45, 7) is 5.18. The summed E-state index contributed by atoms with van der Waals surface area (Å²) in [6, 6.07) is 3.32. The molecule has 2 saturated heterocycles. The lowest BCUT2D eigenvalue weighted by molar-refractivity contribution is -0.334. The topological polar surface area (TPSA) is 590 Å². The van der Waals surface area contributed by atoms with Crippen molar-refractivity contribution in [3.63, 3.8) is 0 Å². The highest BCUT2D eigenvalue weighted by Gasteiger charge is 2.53. The fourth-order valence-corrected chi connectivity index (χ4v) is 15.3. The van der Waals surface area contributed by atoms with Crippen molar-refractivity contribution in [2.45, 2.75) is 175 Å². The Bertz CT molecular complexity index is 5420. The number of rotatable bonds is 22. The zero-order valence-corrected chi connectivity index (χ0v) is 68.3. The van der Waals surface area contributed by atoms with Crippen LogP contribution < -0.4 is 78.2 Å². The van der Waals surface area contributed by atoms with Crippen molar-refractivity contribution in [3.05, 3.63) is 169 Å². The normalized spacial score (nSPS) is 26.0. The number of fused-ring (bicyclic) bond motifs is 15. The van der Waals surface area contributed by atoms with Gasteiger partial charge in [-0.15, -0.1) is 0 Å². The number of nitrogens with two attached hydrogens (primary N) is 1. The molecule has 21 N–H and O–H groups in total. The molecule has 6 aromatic carbocycles. The molecule has 2 fully saturated rings. The fourth-order valence-electron chi connectivity index (χ4n) is 14.8. The highest BCUT2D eigenvalue weighted by molar-refractivity contribution is 6.32. The standard InChI is InChI=1S/C81H86Cl2F4N12O27/c1-31(2)20-44(89-5)70(111)97-60-62(105)35-9-14-48(42(82)22-35)121-50-24-37-25-51(66(50)125-77-67(65(108)64(107)52(30-100)123-77)124-55-29-80(4,68(109)32(3)120-55)90-17-19-99-18-16-54(93-79(99)119)92-69(110)33-6-11-39(12-7-33)126-81(86,87)78(84)85)122-49-15-10-36(23-43(49)83)63(106)61-75(116)96-59(76(117)118)41-26-38(101)27-47(103)56(41)40-21-34(8-13-46(40)102)57(72(113)98-61)95-73(114)58(37)94-71(112)45(28-53(88)104)91-74(60)115/h6-16,18,21-27,31-32,44-45,52,55,57-65,67-68,77-78,89-90,100-103,105-109H,17,19-20,28-30H2,1-5H3,(H2,88,104)(H,91,115)(H,94,112)(H,95,114)(H,96,116)(H,97,111)(H,98,113)(H,117,118)(H,92,93,110,119)/t32-,44+,45+,52+,55+,57+,58?,59-,60-,61-,62-,63-,64-,65-,67-,68+,77?,80-/m1/s1. The molecule has 45 heteroatoms. The number of aromatic nitrogens is 2. The van der Waals surface area contributed by atoms with E-state index in [4.69, 9.17) is 57.4 Å². The van der Waals surface area contributed by atoms with E-state index in [1.807, 2.05) is 0 Å². The van der Waals surface area contributed by atoms with Crippen molar-refractivity contribution in [2.24, 2.45) is 11.7 Å². The summed E-state index contributed by atoms with van der Waals surface area (Å²) in [4.78, 5) is 148. The molecule has 14 rings (SSSR count). The summed E-state index contributed by atoms with van der Waals surface area (Å²) < 4.78 is 96.7. The number of anilines is 1. The molecular formula is C81H86Cl2F4N12O27. The van der Waals surface area contributed by atoms with Crippen molar-refractivity contribution < 1.29 is 145 Å². The van der Waals surface area contributed by atoms with Gasteiger partial charge in [0.1, 0.15) is 101 Å². The molecule has 39 nitrogen and oxygen atoms in total. The van der Waals surface area contributed by atoms with E-state index in [1.165, 1.54) is 39.2 Å². The maximum atomic E-state index is 16.2. The van der Waals surface area contributed by atoms with Gasteiger partial charge in [-0.3, -0.25) is 42.9 Å². The molecule has 126 heavy (non-hydrogen) atoms. The first-order valence-electron chi connectivity index (χ1n) is 38.8. The predicted molar refractivity (Wildman–Crippen MR) is 428 cm³/mol. The number of nitrogens with zero attached hydrogens (tertiary/aromatic N) is 2. The molecule has 0 radical (unpaired) electrons. The van der Waals surface area contributed by atoms with Gasteiger partial charge >= 0.3 is 24.2 Å². The number of likely N-dealkylation sites (N-methyl/N-ethyl adjacent to an activating group) is 1. The number of aliphatic hydroxyl groups is 6. The lowest BCUT2D eigenvalue weighted by Gasteiger charge is -2.48. The van der Waals surface area contributed by atoms with Crippen LogP contribution in [0.3, 0.4) is 0 Å². The van der Waals surface area contributed by atoms with Gasteiger partial charge in [0.05, 0.1) is 41.3 Å². The van der Waals surface area contributed by atoms with Crippen LogP contribution in [-0.4, -0.2) is 225 Å². The van der Waals surface area contributed by atoms with E-state index in [2.05, 4.69) is 57.6 Å². The van der Waals surface area contributed by atoms with Gasteiger partial charge < -0.3 is 138 Å². The number of carbonyl (C=O) groups is 9. The first kappa shape index (κ1) is 93.1. The summed E-state index contributed by atoms with van der Waals surface area (Å²) in [6.07, 6.45) is -27.9. The van der Waals surface area contributed by atoms with Gasteiger partial charge in [-0.2, -0.15) is 22.5 Å². The minimum absolute atomic E-state index is 0.138. The van der Waals surface area contributed by atoms with E-state index >= 15 is 14.4 Å². The van der Waals surface area contributed by atoms with Crippen molar-refractivity contribution in [1.29, 1.82) is 0 Å². The Morgan fingerprint density at radius 2 is 1.36 bits per heavy atom. The van der Waals surface area contributed by atoms with Gasteiger partial charge in [-0.1, -0.05) is 55.2 Å². The van der Waals surface area contributed by atoms with Crippen LogP contribution >= 0.6 is 23.2 Å².